The number of carbonyl (C=O) groups is 2. The summed E-state index contributed by atoms with van der Waals surface area (Å²) in [6.45, 7) is 13.4. The Morgan fingerprint density at radius 3 is 2.05 bits per heavy atom. The Morgan fingerprint density at radius 1 is 0.950 bits per heavy atom. The summed E-state index contributed by atoms with van der Waals surface area (Å²) in [5.41, 5.74) is 5.23. The largest absolute Gasteiger partial charge is 0.493 e. The van der Waals surface area contributed by atoms with Crippen LogP contribution in [0.1, 0.15) is 70.4 Å². The number of ketones is 2. The van der Waals surface area contributed by atoms with E-state index in [0.717, 1.165) is 46.5 Å². The first-order valence-corrected chi connectivity index (χ1v) is 14.7. The van der Waals surface area contributed by atoms with Crippen LogP contribution in [0.2, 0.25) is 0 Å². The number of hydrogen-bond acceptors (Lipinski definition) is 5. The molecule has 1 aliphatic heterocycles. The van der Waals surface area contributed by atoms with Gasteiger partial charge >= 0.3 is 0 Å². The maximum atomic E-state index is 14.1. The lowest BCUT2D eigenvalue weighted by Gasteiger charge is -2.49. The van der Waals surface area contributed by atoms with Crippen LogP contribution in [-0.4, -0.2) is 30.2 Å². The fourth-order valence-electron chi connectivity index (χ4n) is 6.53. The zero-order valence-electron chi connectivity index (χ0n) is 24.1. The minimum absolute atomic E-state index is 0.112. The number of hydrogen-bond donors (Lipinski definition) is 0. The van der Waals surface area contributed by atoms with Crippen LogP contribution in [0.15, 0.2) is 82.1 Å². The molecule has 3 aliphatic rings. The molecule has 210 valence electrons. The Labute approximate surface area is 246 Å². The first-order chi connectivity index (χ1) is 18.9. The highest BCUT2D eigenvalue weighted by molar-refractivity contribution is 9.10. The SMILES string of the molecule is C=CCOc1c(Br)cc(C2C3=C(CC(C)(C)CC3=O)N(Cc3ccccc3)C3=C2C(=O)CC(C)(C)C3)cc1OC. The lowest BCUT2D eigenvalue weighted by Crippen LogP contribution is -2.44. The van der Waals surface area contributed by atoms with E-state index in [1.54, 1.807) is 13.2 Å². The van der Waals surface area contributed by atoms with Gasteiger partial charge in [0, 0.05) is 47.8 Å². The van der Waals surface area contributed by atoms with Crippen LogP contribution >= 0.6 is 15.9 Å². The van der Waals surface area contributed by atoms with Gasteiger partial charge in [0.25, 0.3) is 0 Å². The number of halogens is 1. The second-order valence-electron chi connectivity index (χ2n) is 12.7. The van der Waals surface area contributed by atoms with Crippen LogP contribution in [0.4, 0.5) is 0 Å². The van der Waals surface area contributed by atoms with E-state index in [1.807, 2.05) is 30.3 Å². The first kappa shape index (κ1) is 28.4. The van der Waals surface area contributed by atoms with E-state index in [4.69, 9.17) is 9.47 Å². The predicted octanol–water partition coefficient (Wildman–Crippen LogP) is 7.91. The number of allylic oxidation sites excluding steroid dienone is 4. The van der Waals surface area contributed by atoms with Crippen molar-refractivity contribution in [1.29, 1.82) is 0 Å². The Bertz CT molecular complexity index is 1380. The molecule has 0 N–H and O–H groups in total. The Hall–Kier alpha value is -3.12. The van der Waals surface area contributed by atoms with Crippen molar-refractivity contribution < 1.29 is 19.1 Å². The topological polar surface area (TPSA) is 55.8 Å². The molecule has 0 atom stereocenters. The highest BCUT2D eigenvalue weighted by Crippen LogP contribution is 2.55. The number of carbonyl (C=O) groups excluding carboxylic acids is 2. The summed E-state index contributed by atoms with van der Waals surface area (Å²) >= 11 is 3.68. The number of nitrogens with zero attached hydrogens (tertiary/aromatic N) is 1. The van der Waals surface area contributed by atoms with Crippen molar-refractivity contribution >= 4 is 27.5 Å². The molecule has 0 saturated heterocycles. The van der Waals surface area contributed by atoms with Gasteiger partial charge in [0.05, 0.1) is 11.6 Å². The Kier molecular flexibility index (Phi) is 7.60. The van der Waals surface area contributed by atoms with Gasteiger partial charge in [0.2, 0.25) is 0 Å². The molecule has 6 heteroatoms. The predicted molar refractivity (Wildman–Crippen MR) is 161 cm³/mol. The Morgan fingerprint density at radius 2 is 1.52 bits per heavy atom. The molecule has 0 radical (unpaired) electrons. The van der Waals surface area contributed by atoms with Gasteiger partial charge in [-0.25, -0.2) is 0 Å². The molecule has 5 nitrogen and oxygen atoms in total. The van der Waals surface area contributed by atoms with Crippen LogP contribution in [0.5, 0.6) is 11.5 Å². The third kappa shape index (κ3) is 5.30. The first-order valence-electron chi connectivity index (χ1n) is 13.9. The minimum atomic E-state index is -0.456. The van der Waals surface area contributed by atoms with Crippen LogP contribution in [0, 0.1) is 10.8 Å². The average molecular weight is 605 g/mol. The van der Waals surface area contributed by atoms with Crippen molar-refractivity contribution in [3.63, 3.8) is 0 Å². The minimum Gasteiger partial charge on any atom is -0.493 e. The highest BCUT2D eigenvalue weighted by atomic mass is 79.9. The maximum absolute atomic E-state index is 14.1. The maximum Gasteiger partial charge on any atom is 0.175 e. The number of ether oxygens (including phenoxy) is 2. The number of rotatable bonds is 7. The second-order valence-corrected chi connectivity index (χ2v) is 13.6. The molecule has 0 unspecified atom stereocenters. The zero-order chi connectivity index (χ0) is 28.8. The summed E-state index contributed by atoms with van der Waals surface area (Å²) in [6, 6.07) is 14.2. The fraction of sp³-hybridized carbons (Fsp3) is 0.412. The van der Waals surface area contributed by atoms with Gasteiger partial charge < -0.3 is 14.4 Å². The van der Waals surface area contributed by atoms with Crippen molar-refractivity contribution in [2.24, 2.45) is 10.8 Å². The summed E-state index contributed by atoms with van der Waals surface area (Å²) in [7, 11) is 1.60. The fourth-order valence-corrected chi connectivity index (χ4v) is 7.10. The molecule has 0 spiro atoms. The molecule has 0 saturated carbocycles. The third-order valence-electron chi connectivity index (χ3n) is 8.14. The molecule has 1 heterocycles. The molecule has 0 fully saturated rings. The van der Waals surface area contributed by atoms with Gasteiger partial charge in [0.1, 0.15) is 6.61 Å². The van der Waals surface area contributed by atoms with E-state index in [0.29, 0.717) is 42.0 Å². The van der Waals surface area contributed by atoms with Crippen LogP contribution in [-0.2, 0) is 16.1 Å². The summed E-state index contributed by atoms with van der Waals surface area (Å²) in [5.74, 6) is 0.890. The van der Waals surface area contributed by atoms with Crippen molar-refractivity contribution in [3.8, 4) is 11.5 Å². The summed E-state index contributed by atoms with van der Waals surface area (Å²) in [6.07, 6.45) is 4.11. The van der Waals surface area contributed by atoms with Gasteiger partial charge in [-0.05, 0) is 62.9 Å². The molecule has 0 amide bonds. The molecule has 5 rings (SSSR count). The molecular weight excluding hydrogens is 566 g/mol. The smallest absolute Gasteiger partial charge is 0.175 e. The molecule has 0 aromatic heterocycles. The van der Waals surface area contributed by atoms with Crippen LogP contribution in [0.3, 0.4) is 0 Å². The average Bonchev–Trinajstić information content (AvgIpc) is 2.87. The van der Waals surface area contributed by atoms with Crippen molar-refractivity contribution in [3.05, 3.63) is 93.3 Å². The second kappa shape index (κ2) is 10.7. The molecule has 2 aromatic carbocycles. The van der Waals surface area contributed by atoms with Crippen LogP contribution < -0.4 is 9.47 Å². The molecule has 40 heavy (non-hydrogen) atoms. The van der Waals surface area contributed by atoms with E-state index in [2.05, 4.69) is 67.2 Å². The third-order valence-corrected chi connectivity index (χ3v) is 8.73. The zero-order valence-corrected chi connectivity index (χ0v) is 25.7. The van der Waals surface area contributed by atoms with Gasteiger partial charge in [-0.3, -0.25) is 9.59 Å². The van der Waals surface area contributed by atoms with Crippen molar-refractivity contribution in [2.75, 3.05) is 13.7 Å². The normalized spacial score (nSPS) is 20.3. The number of methoxy groups -OCH3 is 1. The van der Waals surface area contributed by atoms with Gasteiger partial charge in [-0.2, -0.15) is 0 Å². The van der Waals surface area contributed by atoms with E-state index in [-0.39, 0.29) is 22.4 Å². The van der Waals surface area contributed by atoms with Gasteiger partial charge in [0.15, 0.2) is 23.1 Å². The quantitative estimate of drug-likeness (QED) is 0.301. The van der Waals surface area contributed by atoms with Crippen LogP contribution in [0.25, 0.3) is 0 Å². The summed E-state index contributed by atoms with van der Waals surface area (Å²) < 4.78 is 12.3. The summed E-state index contributed by atoms with van der Waals surface area (Å²) in [4.78, 5) is 30.5. The van der Waals surface area contributed by atoms with E-state index >= 15 is 0 Å². The monoisotopic (exact) mass is 603 g/mol. The Balaban J connectivity index is 1.76. The standard InChI is InChI=1S/C34H38BrNO4/c1-7-13-40-32-23(35)14-22(15-28(32)39-6)29-30-24(16-33(2,3)18-26(30)37)36(20-21-11-9-8-10-12-21)25-17-34(4,5)19-27(38)31(25)29/h7-12,14-15,29H,1,13,16-20H2,2-6H3. The van der Waals surface area contributed by atoms with Gasteiger partial charge in [-0.15, -0.1) is 0 Å². The van der Waals surface area contributed by atoms with Crippen molar-refractivity contribution in [1.82, 2.24) is 4.90 Å². The molecule has 2 aromatic rings. The lowest BCUT2D eigenvalue weighted by molar-refractivity contribution is -0.119. The number of Topliss-reactive ketones (excluding diaryl/α,β-unsaturated/α-hetero) is 2. The van der Waals surface area contributed by atoms with Crippen molar-refractivity contribution in [2.45, 2.75) is 65.8 Å². The molecule has 2 aliphatic carbocycles. The number of benzene rings is 2. The molecule has 0 bridgehead atoms. The van der Waals surface area contributed by atoms with E-state index < -0.39 is 5.92 Å². The lowest BCUT2D eigenvalue weighted by atomic mass is 9.63. The van der Waals surface area contributed by atoms with E-state index in [9.17, 15) is 9.59 Å². The molecular formula is C34H38BrNO4. The van der Waals surface area contributed by atoms with Gasteiger partial charge in [-0.1, -0.05) is 70.7 Å². The highest BCUT2D eigenvalue weighted by Gasteiger charge is 2.49. The summed E-state index contributed by atoms with van der Waals surface area (Å²) in [5, 5.41) is 0. The van der Waals surface area contributed by atoms with E-state index in [1.165, 1.54) is 0 Å².